The number of fused-ring (bicyclic) bond motifs is 1. The molecule has 0 saturated carbocycles. The van der Waals surface area contributed by atoms with Crippen molar-refractivity contribution in [1.29, 1.82) is 0 Å². The van der Waals surface area contributed by atoms with Crippen molar-refractivity contribution in [2.75, 3.05) is 0 Å². The Balaban J connectivity index is 2.41. The average molecular weight is 176 g/mol. The van der Waals surface area contributed by atoms with Crippen LogP contribution in [0.15, 0.2) is 24.8 Å². The molecule has 1 heterocycles. The maximum atomic E-state index is 5.57. The number of rotatable bonds is 1. The van der Waals surface area contributed by atoms with Crippen molar-refractivity contribution in [2.45, 2.75) is 19.6 Å². The highest BCUT2D eigenvalue weighted by Crippen LogP contribution is 2.39. The van der Waals surface area contributed by atoms with Crippen LogP contribution in [0.3, 0.4) is 0 Å². The molecule has 1 aromatic rings. The lowest BCUT2D eigenvalue weighted by atomic mass is 10.2. The van der Waals surface area contributed by atoms with E-state index in [0.717, 1.165) is 17.1 Å². The van der Waals surface area contributed by atoms with Gasteiger partial charge in [-0.15, -0.1) is 0 Å². The quantitative estimate of drug-likeness (QED) is 0.655. The second-order valence-corrected chi connectivity index (χ2v) is 3.51. The Morgan fingerprint density at radius 2 is 1.92 bits per heavy atom. The van der Waals surface area contributed by atoms with Crippen LogP contribution in [-0.4, -0.2) is 5.79 Å². The van der Waals surface area contributed by atoms with Crippen LogP contribution in [0.4, 0.5) is 0 Å². The van der Waals surface area contributed by atoms with Crippen molar-refractivity contribution in [2.24, 2.45) is 0 Å². The van der Waals surface area contributed by atoms with E-state index in [2.05, 4.69) is 6.58 Å². The number of benzene rings is 1. The van der Waals surface area contributed by atoms with Crippen LogP contribution >= 0.6 is 0 Å². The molecule has 2 heteroatoms. The molecule has 0 unspecified atom stereocenters. The largest absolute Gasteiger partial charge is 0.449 e. The second kappa shape index (κ2) is 2.52. The summed E-state index contributed by atoms with van der Waals surface area (Å²) >= 11 is 0. The van der Waals surface area contributed by atoms with E-state index in [1.165, 1.54) is 0 Å². The first kappa shape index (κ1) is 8.17. The minimum atomic E-state index is -0.540. The van der Waals surface area contributed by atoms with Gasteiger partial charge in [-0.25, -0.2) is 0 Å². The monoisotopic (exact) mass is 176 g/mol. The summed E-state index contributed by atoms with van der Waals surface area (Å²) in [6, 6.07) is 5.79. The highest BCUT2D eigenvalue weighted by Gasteiger charge is 2.31. The summed E-state index contributed by atoms with van der Waals surface area (Å²) in [5.74, 6) is 1.06. The topological polar surface area (TPSA) is 18.5 Å². The van der Waals surface area contributed by atoms with Crippen LogP contribution in [-0.2, 0) is 0 Å². The number of hydrogen-bond donors (Lipinski definition) is 0. The van der Waals surface area contributed by atoms with Gasteiger partial charge in [-0.2, -0.15) is 0 Å². The molecule has 1 aromatic carbocycles. The molecule has 1 aliphatic heterocycles. The Hall–Kier alpha value is -1.44. The minimum absolute atomic E-state index is 0.540. The molecule has 0 radical (unpaired) electrons. The van der Waals surface area contributed by atoms with Gasteiger partial charge in [0, 0.05) is 13.8 Å². The molecule has 0 bridgehead atoms. The molecule has 0 saturated heterocycles. The highest BCUT2D eigenvalue weighted by atomic mass is 16.7. The van der Waals surface area contributed by atoms with E-state index in [9.17, 15) is 0 Å². The third-order valence-electron chi connectivity index (χ3n) is 1.91. The van der Waals surface area contributed by atoms with Gasteiger partial charge in [0.2, 0.25) is 5.79 Å². The molecule has 1 aliphatic rings. The highest BCUT2D eigenvalue weighted by molar-refractivity contribution is 5.55. The third kappa shape index (κ3) is 1.39. The van der Waals surface area contributed by atoms with E-state index in [1.807, 2.05) is 32.0 Å². The fourth-order valence-electron chi connectivity index (χ4n) is 1.37. The predicted octanol–water partition coefficient (Wildman–Crippen LogP) is 2.84. The first-order valence-electron chi connectivity index (χ1n) is 4.25. The molecular formula is C11H12O2. The normalized spacial score (nSPS) is 17.1. The van der Waals surface area contributed by atoms with Crippen LogP contribution in [0.5, 0.6) is 11.5 Å². The maximum Gasteiger partial charge on any atom is 0.246 e. The standard InChI is InChI=1S/C11H12O2/c1-4-8-5-6-9-10(7-8)13-11(2,3)12-9/h4-7H,1H2,2-3H3. The molecule has 0 aromatic heterocycles. The van der Waals surface area contributed by atoms with E-state index in [4.69, 9.17) is 9.47 Å². The zero-order valence-electron chi connectivity index (χ0n) is 7.83. The Labute approximate surface area is 77.8 Å². The summed E-state index contributed by atoms with van der Waals surface area (Å²) in [6.45, 7) is 7.48. The fourth-order valence-corrected chi connectivity index (χ4v) is 1.37. The molecule has 0 atom stereocenters. The number of ether oxygens (including phenoxy) is 2. The molecule has 2 nitrogen and oxygen atoms in total. The Bertz CT molecular complexity index is 353. The van der Waals surface area contributed by atoms with Crippen LogP contribution < -0.4 is 9.47 Å². The smallest absolute Gasteiger partial charge is 0.246 e. The second-order valence-electron chi connectivity index (χ2n) is 3.51. The minimum Gasteiger partial charge on any atom is -0.449 e. The lowest BCUT2D eigenvalue weighted by Gasteiger charge is -2.16. The molecule has 0 N–H and O–H groups in total. The first-order valence-corrected chi connectivity index (χ1v) is 4.25. The summed E-state index contributed by atoms with van der Waals surface area (Å²) in [5.41, 5.74) is 1.04. The number of hydrogen-bond acceptors (Lipinski definition) is 2. The molecule has 0 fully saturated rings. The van der Waals surface area contributed by atoms with Crippen LogP contribution in [0.1, 0.15) is 19.4 Å². The lowest BCUT2D eigenvalue weighted by molar-refractivity contribution is -0.0431. The first-order chi connectivity index (χ1) is 6.11. The van der Waals surface area contributed by atoms with Gasteiger partial charge in [-0.1, -0.05) is 18.7 Å². The lowest BCUT2D eigenvalue weighted by Crippen LogP contribution is -2.29. The van der Waals surface area contributed by atoms with E-state index in [0.29, 0.717) is 0 Å². The molecular weight excluding hydrogens is 164 g/mol. The van der Waals surface area contributed by atoms with Gasteiger partial charge in [0.25, 0.3) is 0 Å². The van der Waals surface area contributed by atoms with Crippen LogP contribution in [0.25, 0.3) is 6.08 Å². The Kier molecular flexibility index (Phi) is 1.59. The molecule has 0 amide bonds. The maximum absolute atomic E-state index is 5.57. The van der Waals surface area contributed by atoms with E-state index in [1.54, 1.807) is 6.08 Å². The predicted molar refractivity (Wildman–Crippen MR) is 51.9 cm³/mol. The van der Waals surface area contributed by atoms with E-state index >= 15 is 0 Å². The SMILES string of the molecule is C=Cc1ccc2c(c1)OC(C)(C)O2. The Morgan fingerprint density at radius 3 is 2.62 bits per heavy atom. The molecule has 0 aliphatic carbocycles. The van der Waals surface area contributed by atoms with Crippen LogP contribution in [0, 0.1) is 0 Å². The van der Waals surface area contributed by atoms with Crippen LogP contribution in [0.2, 0.25) is 0 Å². The summed E-state index contributed by atoms with van der Waals surface area (Å²) in [5, 5.41) is 0. The zero-order valence-corrected chi connectivity index (χ0v) is 7.83. The summed E-state index contributed by atoms with van der Waals surface area (Å²) in [4.78, 5) is 0. The molecule has 0 spiro atoms. The van der Waals surface area contributed by atoms with Gasteiger partial charge >= 0.3 is 0 Å². The van der Waals surface area contributed by atoms with Gasteiger partial charge in [-0.05, 0) is 17.7 Å². The summed E-state index contributed by atoms with van der Waals surface area (Å²) < 4.78 is 11.1. The summed E-state index contributed by atoms with van der Waals surface area (Å²) in [7, 11) is 0. The van der Waals surface area contributed by atoms with E-state index in [-0.39, 0.29) is 0 Å². The van der Waals surface area contributed by atoms with Gasteiger partial charge in [0.1, 0.15) is 0 Å². The average Bonchev–Trinajstić information content (AvgIpc) is 2.36. The van der Waals surface area contributed by atoms with Gasteiger partial charge < -0.3 is 9.47 Å². The molecule has 13 heavy (non-hydrogen) atoms. The molecule has 2 rings (SSSR count). The van der Waals surface area contributed by atoms with Gasteiger partial charge in [-0.3, -0.25) is 0 Å². The van der Waals surface area contributed by atoms with Gasteiger partial charge in [0.15, 0.2) is 11.5 Å². The van der Waals surface area contributed by atoms with Crippen molar-refractivity contribution >= 4 is 6.08 Å². The summed E-state index contributed by atoms with van der Waals surface area (Å²) in [6.07, 6.45) is 1.79. The van der Waals surface area contributed by atoms with E-state index < -0.39 is 5.79 Å². The molecule has 68 valence electrons. The van der Waals surface area contributed by atoms with Crippen molar-refractivity contribution < 1.29 is 9.47 Å². The Morgan fingerprint density at radius 1 is 1.23 bits per heavy atom. The fraction of sp³-hybridized carbons (Fsp3) is 0.273. The van der Waals surface area contributed by atoms with Crippen molar-refractivity contribution in [1.82, 2.24) is 0 Å². The van der Waals surface area contributed by atoms with Crippen molar-refractivity contribution in [3.63, 3.8) is 0 Å². The zero-order chi connectivity index (χ0) is 9.47. The van der Waals surface area contributed by atoms with Gasteiger partial charge in [0.05, 0.1) is 0 Å². The third-order valence-corrected chi connectivity index (χ3v) is 1.91. The van der Waals surface area contributed by atoms with Crippen molar-refractivity contribution in [3.05, 3.63) is 30.3 Å². The van der Waals surface area contributed by atoms with Crippen molar-refractivity contribution in [3.8, 4) is 11.5 Å².